The van der Waals surface area contributed by atoms with Crippen LogP contribution in [0, 0.1) is 6.92 Å². The van der Waals surface area contributed by atoms with Crippen molar-refractivity contribution in [2.24, 2.45) is 0 Å². The van der Waals surface area contributed by atoms with E-state index in [0.717, 1.165) is 30.5 Å². The Morgan fingerprint density at radius 3 is 2.60 bits per heavy atom. The zero-order chi connectivity index (χ0) is 15.2. The highest BCUT2D eigenvalue weighted by Gasteiger charge is 2.36. The number of nitrogens with one attached hydrogen (secondary N) is 1. The summed E-state index contributed by atoms with van der Waals surface area (Å²) in [5.74, 6) is 0.595. The summed E-state index contributed by atoms with van der Waals surface area (Å²) in [6.45, 7) is 12.2. The van der Waals surface area contributed by atoms with E-state index >= 15 is 0 Å². The molecule has 0 radical (unpaired) electrons. The zero-order valence-corrected chi connectivity index (χ0v) is 13.5. The first-order valence-corrected chi connectivity index (χ1v) is 7.58. The molecule has 0 bridgehead atoms. The Hall–Kier alpha value is -1.13. The monoisotopic (exact) mass is 279 g/mol. The lowest BCUT2D eigenvalue weighted by Crippen LogP contribution is -2.44. The van der Waals surface area contributed by atoms with Crippen molar-refractivity contribution in [2.45, 2.75) is 59.1 Å². The van der Waals surface area contributed by atoms with Gasteiger partial charge in [0.15, 0.2) is 0 Å². The Bertz CT molecular complexity index is 402. The molecule has 4 heteroatoms. The lowest BCUT2D eigenvalue weighted by Gasteiger charge is -2.38. The summed E-state index contributed by atoms with van der Waals surface area (Å²) in [5, 5.41) is 3.60. The van der Waals surface area contributed by atoms with Crippen LogP contribution in [0.4, 0.5) is 5.82 Å². The molecule has 1 heterocycles. The normalized spacial score (nSPS) is 15.8. The van der Waals surface area contributed by atoms with Gasteiger partial charge in [0.2, 0.25) is 0 Å². The highest BCUT2D eigenvalue weighted by Crippen LogP contribution is 2.36. The summed E-state index contributed by atoms with van der Waals surface area (Å²) in [6.07, 6.45) is 3.74. The Labute approximate surface area is 123 Å². The van der Waals surface area contributed by atoms with E-state index < -0.39 is 0 Å². The maximum atomic E-state index is 6.13. The minimum absolute atomic E-state index is 0.0566. The van der Waals surface area contributed by atoms with Gasteiger partial charge >= 0.3 is 0 Å². The molecule has 3 N–H and O–H groups in total. The van der Waals surface area contributed by atoms with Crippen LogP contribution in [0.3, 0.4) is 0 Å². The first-order valence-electron chi connectivity index (χ1n) is 7.58. The number of aromatic nitrogens is 1. The van der Waals surface area contributed by atoms with Crippen LogP contribution in [0.15, 0.2) is 12.3 Å². The molecule has 4 nitrogen and oxygen atoms in total. The largest absolute Gasteiger partial charge is 0.383 e. The lowest BCUT2D eigenvalue weighted by atomic mass is 9.85. The number of hydrogen-bond donors (Lipinski definition) is 2. The van der Waals surface area contributed by atoms with Gasteiger partial charge in [-0.15, -0.1) is 0 Å². The second-order valence-corrected chi connectivity index (χ2v) is 5.41. The lowest BCUT2D eigenvalue weighted by molar-refractivity contribution is -0.0563. The zero-order valence-electron chi connectivity index (χ0n) is 13.5. The Morgan fingerprint density at radius 1 is 1.40 bits per heavy atom. The second kappa shape index (κ2) is 7.60. The fraction of sp³-hybridized carbons (Fsp3) is 0.688. The number of rotatable bonds is 8. The SMILES string of the molecule is CCCNC(c1c(C)ccnc1N)C(C)(CC)OCC. The van der Waals surface area contributed by atoms with Crippen molar-refractivity contribution >= 4 is 5.82 Å². The van der Waals surface area contributed by atoms with Crippen LogP contribution in [0.2, 0.25) is 0 Å². The van der Waals surface area contributed by atoms with Crippen LogP contribution in [-0.2, 0) is 4.74 Å². The van der Waals surface area contributed by atoms with Gasteiger partial charge in [-0.25, -0.2) is 4.98 Å². The molecular formula is C16H29N3O. The molecule has 20 heavy (non-hydrogen) atoms. The maximum Gasteiger partial charge on any atom is 0.128 e. The third-order valence-electron chi connectivity index (χ3n) is 3.91. The molecule has 0 aliphatic carbocycles. The molecule has 0 saturated heterocycles. The fourth-order valence-electron chi connectivity index (χ4n) is 2.60. The third kappa shape index (κ3) is 3.70. The minimum atomic E-state index is -0.286. The predicted molar refractivity (Wildman–Crippen MR) is 84.7 cm³/mol. The first kappa shape index (κ1) is 16.9. The molecule has 114 valence electrons. The molecule has 1 aromatic heterocycles. The first-order chi connectivity index (χ1) is 9.50. The average Bonchev–Trinajstić information content (AvgIpc) is 2.42. The van der Waals surface area contributed by atoms with Crippen LogP contribution in [0.25, 0.3) is 0 Å². The van der Waals surface area contributed by atoms with Gasteiger partial charge in [-0.05, 0) is 51.8 Å². The molecule has 1 aromatic rings. The van der Waals surface area contributed by atoms with Gasteiger partial charge in [-0.3, -0.25) is 0 Å². The Morgan fingerprint density at radius 2 is 2.10 bits per heavy atom. The molecule has 0 aromatic carbocycles. The number of nitrogen functional groups attached to an aromatic ring is 1. The van der Waals surface area contributed by atoms with Gasteiger partial charge in [0.25, 0.3) is 0 Å². The minimum Gasteiger partial charge on any atom is -0.383 e. The standard InChI is InChI=1S/C16H29N3O/c1-6-10-18-14(16(5,7-2)20-8-3)13-12(4)9-11-19-15(13)17/h9,11,14,18H,6-8,10H2,1-5H3,(H2,17,19). The van der Waals surface area contributed by atoms with Gasteiger partial charge in [0.05, 0.1) is 11.6 Å². The fourth-order valence-corrected chi connectivity index (χ4v) is 2.60. The van der Waals surface area contributed by atoms with E-state index in [4.69, 9.17) is 10.5 Å². The molecule has 0 aliphatic heterocycles. The van der Waals surface area contributed by atoms with Crippen LogP contribution >= 0.6 is 0 Å². The summed E-state index contributed by atoms with van der Waals surface area (Å²) in [7, 11) is 0. The van der Waals surface area contributed by atoms with E-state index in [-0.39, 0.29) is 11.6 Å². The van der Waals surface area contributed by atoms with Crippen molar-refractivity contribution in [3.8, 4) is 0 Å². The smallest absolute Gasteiger partial charge is 0.128 e. The summed E-state index contributed by atoms with van der Waals surface area (Å²) in [5.41, 5.74) is 8.08. The molecule has 0 aliphatic rings. The average molecular weight is 279 g/mol. The Balaban J connectivity index is 3.23. The van der Waals surface area contributed by atoms with Crippen molar-refractivity contribution in [2.75, 3.05) is 18.9 Å². The molecule has 0 spiro atoms. The molecular weight excluding hydrogens is 250 g/mol. The topological polar surface area (TPSA) is 60.2 Å². The molecule has 2 atom stereocenters. The van der Waals surface area contributed by atoms with E-state index in [1.54, 1.807) is 6.20 Å². The summed E-state index contributed by atoms with van der Waals surface area (Å²) < 4.78 is 6.06. The van der Waals surface area contributed by atoms with Crippen LogP contribution in [0.5, 0.6) is 0 Å². The van der Waals surface area contributed by atoms with Gasteiger partial charge in [-0.2, -0.15) is 0 Å². The summed E-state index contributed by atoms with van der Waals surface area (Å²) >= 11 is 0. The molecule has 1 rings (SSSR count). The second-order valence-electron chi connectivity index (χ2n) is 5.41. The van der Waals surface area contributed by atoms with Crippen molar-refractivity contribution in [1.29, 1.82) is 0 Å². The maximum absolute atomic E-state index is 6.13. The molecule has 0 amide bonds. The molecule has 2 unspecified atom stereocenters. The number of aryl methyl sites for hydroxylation is 1. The van der Waals surface area contributed by atoms with Crippen molar-refractivity contribution in [3.05, 3.63) is 23.4 Å². The quantitative estimate of drug-likeness (QED) is 0.767. The number of nitrogens with two attached hydrogens (primary N) is 1. The van der Waals surface area contributed by atoms with Gasteiger partial charge < -0.3 is 15.8 Å². The van der Waals surface area contributed by atoms with Crippen LogP contribution < -0.4 is 11.1 Å². The summed E-state index contributed by atoms with van der Waals surface area (Å²) in [6, 6.07) is 2.06. The number of nitrogens with zero attached hydrogens (tertiary/aromatic N) is 1. The number of pyridine rings is 1. The van der Waals surface area contributed by atoms with E-state index in [9.17, 15) is 0 Å². The van der Waals surface area contributed by atoms with Crippen molar-refractivity contribution < 1.29 is 4.74 Å². The van der Waals surface area contributed by atoms with Crippen LogP contribution in [0.1, 0.15) is 57.7 Å². The van der Waals surface area contributed by atoms with Gasteiger partial charge in [0.1, 0.15) is 5.82 Å². The highest BCUT2D eigenvalue weighted by molar-refractivity contribution is 5.47. The van der Waals surface area contributed by atoms with E-state index in [1.165, 1.54) is 0 Å². The Kier molecular flexibility index (Phi) is 6.43. The molecule has 0 fully saturated rings. The summed E-state index contributed by atoms with van der Waals surface area (Å²) in [4.78, 5) is 4.26. The van der Waals surface area contributed by atoms with Crippen molar-refractivity contribution in [1.82, 2.24) is 10.3 Å². The number of hydrogen-bond acceptors (Lipinski definition) is 4. The molecule has 0 saturated carbocycles. The van der Waals surface area contributed by atoms with Gasteiger partial charge in [0, 0.05) is 18.4 Å². The van der Waals surface area contributed by atoms with Crippen LogP contribution in [-0.4, -0.2) is 23.7 Å². The predicted octanol–water partition coefficient (Wildman–Crippen LogP) is 3.22. The highest BCUT2D eigenvalue weighted by atomic mass is 16.5. The van der Waals surface area contributed by atoms with Gasteiger partial charge in [-0.1, -0.05) is 13.8 Å². The van der Waals surface area contributed by atoms with Crippen molar-refractivity contribution in [3.63, 3.8) is 0 Å². The van der Waals surface area contributed by atoms with E-state index in [1.807, 2.05) is 13.0 Å². The van der Waals surface area contributed by atoms with E-state index in [0.29, 0.717) is 12.4 Å². The number of ether oxygens (including phenoxy) is 1. The third-order valence-corrected chi connectivity index (χ3v) is 3.91. The number of anilines is 1. The van der Waals surface area contributed by atoms with E-state index in [2.05, 4.69) is 38.0 Å².